The van der Waals surface area contributed by atoms with Gasteiger partial charge in [-0.1, -0.05) is 23.8 Å². The first-order chi connectivity index (χ1) is 8.58. The van der Waals surface area contributed by atoms with E-state index < -0.39 is 0 Å². The molecular formula is C15H20N2O. The highest BCUT2D eigenvalue weighted by atomic mass is 16.2. The second kappa shape index (κ2) is 4.09. The van der Waals surface area contributed by atoms with Crippen LogP contribution >= 0.6 is 0 Å². The molecule has 2 atom stereocenters. The van der Waals surface area contributed by atoms with Crippen molar-refractivity contribution in [3.8, 4) is 0 Å². The number of hydrogen-bond acceptors (Lipinski definition) is 2. The predicted octanol–water partition coefficient (Wildman–Crippen LogP) is 2.28. The summed E-state index contributed by atoms with van der Waals surface area (Å²) in [5.74, 6) is 0.253. The van der Waals surface area contributed by atoms with Crippen molar-refractivity contribution in [3.63, 3.8) is 0 Å². The van der Waals surface area contributed by atoms with Crippen molar-refractivity contribution in [1.82, 2.24) is 10.2 Å². The van der Waals surface area contributed by atoms with Gasteiger partial charge in [0, 0.05) is 6.04 Å². The Morgan fingerprint density at radius 3 is 2.67 bits per heavy atom. The zero-order valence-electron chi connectivity index (χ0n) is 11.2. The minimum absolute atomic E-state index is 0.0597. The van der Waals surface area contributed by atoms with Gasteiger partial charge in [0.2, 0.25) is 5.91 Å². The standard InChI is InChI=1S/C15H20N2O/c1-9-4-5-10(2)13(8-9)14-16-11(3)15(18)17(14)12-6-7-12/h4-5,8,11-12,14,16H,6-7H2,1-3H3. The Hall–Kier alpha value is -1.35. The third-order valence-corrected chi connectivity index (χ3v) is 3.98. The molecule has 0 radical (unpaired) electrons. The van der Waals surface area contributed by atoms with Crippen LogP contribution in [0.1, 0.15) is 42.6 Å². The first-order valence-electron chi connectivity index (χ1n) is 6.73. The highest BCUT2D eigenvalue weighted by Crippen LogP contribution is 2.38. The summed E-state index contributed by atoms with van der Waals surface area (Å²) in [5, 5.41) is 3.44. The highest BCUT2D eigenvalue weighted by molar-refractivity contribution is 5.84. The van der Waals surface area contributed by atoms with Crippen molar-refractivity contribution < 1.29 is 4.79 Å². The molecule has 0 spiro atoms. The van der Waals surface area contributed by atoms with E-state index in [1.165, 1.54) is 16.7 Å². The largest absolute Gasteiger partial charge is 0.319 e. The molecule has 1 aliphatic carbocycles. The minimum Gasteiger partial charge on any atom is -0.319 e. The summed E-state index contributed by atoms with van der Waals surface area (Å²) < 4.78 is 0. The monoisotopic (exact) mass is 244 g/mol. The fraction of sp³-hybridized carbons (Fsp3) is 0.533. The van der Waals surface area contributed by atoms with E-state index >= 15 is 0 Å². The summed E-state index contributed by atoms with van der Waals surface area (Å²) >= 11 is 0. The summed E-state index contributed by atoms with van der Waals surface area (Å²) in [6, 6.07) is 6.87. The Labute approximate surface area is 108 Å². The van der Waals surface area contributed by atoms with E-state index in [2.05, 4.69) is 42.3 Å². The lowest BCUT2D eigenvalue weighted by atomic mass is 10.0. The lowest BCUT2D eigenvalue weighted by Gasteiger charge is -2.26. The predicted molar refractivity (Wildman–Crippen MR) is 71.1 cm³/mol. The molecule has 96 valence electrons. The van der Waals surface area contributed by atoms with Crippen molar-refractivity contribution in [2.24, 2.45) is 0 Å². The van der Waals surface area contributed by atoms with Crippen LogP contribution in [0.4, 0.5) is 0 Å². The Morgan fingerprint density at radius 1 is 1.28 bits per heavy atom. The van der Waals surface area contributed by atoms with E-state index in [0.29, 0.717) is 6.04 Å². The lowest BCUT2D eigenvalue weighted by molar-refractivity contribution is -0.130. The topological polar surface area (TPSA) is 32.3 Å². The molecule has 1 saturated carbocycles. The molecule has 1 saturated heterocycles. The maximum Gasteiger partial charge on any atom is 0.241 e. The molecule has 0 aromatic heterocycles. The molecule has 1 aromatic carbocycles. The van der Waals surface area contributed by atoms with Crippen molar-refractivity contribution in [1.29, 1.82) is 0 Å². The van der Waals surface area contributed by atoms with Gasteiger partial charge in [0.25, 0.3) is 0 Å². The Balaban J connectivity index is 1.99. The lowest BCUT2D eigenvalue weighted by Crippen LogP contribution is -2.33. The Kier molecular flexibility index (Phi) is 2.67. The van der Waals surface area contributed by atoms with Crippen LogP contribution in [0.2, 0.25) is 0 Å². The van der Waals surface area contributed by atoms with Crippen LogP contribution in [0.25, 0.3) is 0 Å². The van der Waals surface area contributed by atoms with E-state index in [1.54, 1.807) is 0 Å². The van der Waals surface area contributed by atoms with E-state index in [9.17, 15) is 4.79 Å². The summed E-state index contributed by atoms with van der Waals surface area (Å²) in [7, 11) is 0. The third-order valence-electron chi connectivity index (χ3n) is 3.98. The first-order valence-corrected chi connectivity index (χ1v) is 6.73. The summed E-state index contributed by atoms with van der Waals surface area (Å²) in [6.07, 6.45) is 2.38. The molecule has 1 N–H and O–H groups in total. The smallest absolute Gasteiger partial charge is 0.241 e. The molecule has 2 fully saturated rings. The van der Waals surface area contributed by atoms with Gasteiger partial charge in [-0.2, -0.15) is 0 Å². The summed E-state index contributed by atoms with van der Waals surface area (Å²) in [5.41, 5.74) is 3.75. The number of nitrogens with zero attached hydrogens (tertiary/aromatic N) is 1. The van der Waals surface area contributed by atoms with Crippen LogP contribution in [-0.4, -0.2) is 22.9 Å². The number of rotatable bonds is 2. The molecule has 2 unspecified atom stereocenters. The first kappa shape index (κ1) is 11.7. The van der Waals surface area contributed by atoms with Crippen LogP contribution in [0.15, 0.2) is 18.2 Å². The van der Waals surface area contributed by atoms with Gasteiger partial charge in [0.1, 0.15) is 6.17 Å². The van der Waals surface area contributed by atoms with Crippen LogP contribution < -0.4 is 5.32 Å². The van der Waals surface area contributed by atoms with Crippen LogP contribution in [0.3, 0.4) is 0 Å². The Bertz CT molecular complexity index is 493. The molecule has 2 aliphatic rings. The molecule has 1 aromatic rings. The van der Waals surface area contributed by atoms with Gasteiger partial charge in [0.05, 0.1) is 6.04 Å². The quantitative estimate of drug-likeness (QED) is 0.865. The zero-order valence-corrected chi connectivity index (χ0v) is 11.2. The van der Waals surface area contributed by atoms with Gasteiger partial charge >= 0.3 is 0 Å². The molecule has 0 bridgehead atoms. The van der Waals surface area contributed by atoms with Crippen LogP contribution in [0, 0.1) is 13.8 Å². The molecule has 3 rings (SSSR count). The number of benzene rings is 1. The number of carbonyl (C=O) groups excluding carboxylic acids is 1. The van der Waals surface area contributed by atoms with Crippen molar-refractivity contribution in [2.75, 3.05) is 0 Å². The fourth-order valence-electron chi connectivity index (χ4n) is 2.78. The SMILES string of the molecule is Cc1ccc(C)c(C2NC(C)C(=O)N2C2CC2)c1. The maximum atomic E-state index is 12.2. The maximum absolute atomic E-state index is 12.2. The van der Waals surface area contributed by atoms with Crippen molar-refractivity contribution in [2.45, 2.75) is 51.9 Å². The average molecular weight is 244 g/mol. The minimum atomic E-state index is -0.0597. The normalized spacial score (nSPS) is 27.9. The average Bonchev–Trinajstić information content (AvgIpc) is 3.11. The van der Waals surface area contributed by atoms with Gasteiger partial charge in [-0.25, -0.2) is 0 Å². The van der Waals surface area contributed by atoms with Gasteiger partial charge in [-0.05, 0) is 44.7 Å². The molecule has 3 nitrogen and oxygen atoms in total. The molecular weight excluding hydrogens is 224 g/mol. The molecule has 3 heteroatoms. The van der Waals surface area contributed by atoms with Gasteiger partial charge in [0.15, 0.2) is 0 Å². The molecule has 1 heterocycles. The van der Waals surface area contributed by atoms with E-state index in [1.807, 2.05) is 6.92 Å². The zero-order chi connectivity index (χ0) is 12.9. The second-order valence-corrected chi connectivity index (χ2v) is 5.63. The number of carbonyl (C=O) groups is 1. The van der Waals surface area contributed by atoms with Crippen molar-refractivity contribution in [3.05, 3.63) is 34.9 Å². The Morgan fingerprint density at radius 2 is 2.00 bits per heavy atom. The summed E-state index contributed by atoms with van der Waals surface area (Å²) in [4.78, 5) is 14.3. The van der Waals surface area contributed by atoms with E-state index in [-0.39, 0.29) is 18.1 Å². The molecule has 18 heavy (non-hydrogen) atoms. The number of amides is 1. The number of aryl methyl sites for hydroxylation is 2. The summed E-state index contributed by atoms with van der Waals surface area (Å²) in [6.45, 7) is 6.18. The number of nitrogens with one attached hydrogen (secondary N) is 1. The van der Waals surface area contributed by atoms with Crippen LogP contribution in [0.5, 0.6) is 0 Å². The van der Waals surface area contributed by atoms with Crippen molar-refractivity contribution >= 4 is 5.91 Å². The van der Waals surface area contributed by atoms with E-state index in [4.69, 9.17) is 0 Å². The number of hydrogen-bond donors (Lipinski definition) is 1. The van der Waals surface area contributed by atoms with Gasteiger partial charge in [-0.3, -0.25) is 10.1 Å². The van der Waals surface area contributed by atoms with E-state index in [0.717, 1.165) is 12.8 Å². The second-order valence-electron chi connectivity index (χ2n) is 5.63. The fourth-order valence-corrected chi connectivity index (χ4v) is 2.78. The van der Waals surface area contributed by atoms with Gasteiger partial charge < -0.3 is 4.90 Å². The highest BCUT2D eigenvalue weighted by Gasteiger charge is 2.45. The third kappa shape index (κ3) is 1.83. The van der Waals surface area contributed by atoms with Crippen LogP contribution in [-0.2, 0) is 4.79 Å². The van der Waals surface area contributed by atoms with Gasteiger partial charge in [-0.15, -0.1) is 0 Å². The molecule has 1 amide bonds. The molecule has 1 aliphatic heterocycles.